The van der Waals surface area contributed by atoms with Crippen molar-refractivity contribution in [2.45, 2.75) is 33.2 Å². The van der Waals surface area contributed by atoms with Crippen molar-refractivity contribution in [3.8, 4) is 11.8 Å². The second-order valence-corrected chi connectivity index (χ2v) is 4.17. The minimum atomic E-state index is -0.455. The molecule has 0 saturated carbocycles. The predicted molar refractivity (Wildman–Crippen MR) is 64.4 cm³/mol. The van der Waals surface area contributed by atoms with E-state index >= 15 is 0 Å². The molecule has 1 aromatic rings. The zero-order valence-electron chi connectivity index (χ0n) is 10.5. The lowest BCUT2D eigenvalue weighted by molar-refractivity contribution is 0.190. The maximum Gasteiger partial charge on any atom is 0.413 e. The molecule has 17 heavy (non-hydrogen) atoms. The summed E-state index contributed by atoms with van der Waals surface area (Å²) in [6, 6.07) is 5.00. The average Bonchev–Trinajstić information content (AvgIpc) is 2.17. The monoisotopic (exact) mass is 235 g/mol. The standard InChI is InChI=1S/C10H14N2O2.C2H3N/c1-10(2,3)12-9(13)14-8-4-6-11-7-5-8;1-2-3/h4-7H,1-3H3,(H,12,13);1H3. The van der Waals surface area contributed by atoms with Crippen molar-refractivity contribution >= 4 is 6.09 Å². The Labute approximate surface area is 101 Å². The third-order valence-electron chi connectivity index (χ3n) is 1.34. The van der Waals surface area contributed by atoms with Gasteiger partial charge in [-0.05, 0) is 32.9 Å². The van der Waals surface area contributed by atoms with Crippen LogP contribution in [0.3, 0.4) is 0 Å². The number of amides is 1. The molecule has 0 aromatic carbocycles. The lowest BCUT2D eigenvalue weighted by Crippen LogP contribution is -2.42. The summed E-state index contributed by atoms with van der Waals surface area (Å²) in [7, 11) is 0. The van der Waals surface area contributed by atoms with Crippen LogP contribution in [-0.4, -0.2) is 16.6 Å². The molecule has 1 heterocycles. The molecule has 0 fully saturated rings. The second kappa shape index (κ2) is 7.23. The predicted octanol–water partition coefficient (Wildman–Crippen LogP) is 2.50. The summed E-state index contributed by atoms with van der Waals surface area (Å²) >= 11 is 0. The van der Waals surface area contributed by atoms with Crippen LogP contribution in [-0.2, 0) is 0 Å². The van der Waals surface area contributed by atoms with Gasteiger partial charge in [-0.25, -0.2) is 4.79 Å². The molecule has 0 unspecified atom stereocenters. The number of nitrogens with one attached hydrogen (secondary N) is 1. The van der Waals surface area contributed by atoms with Crippen LogP contribution < -0.4 is 10.1 Å². The van der Waals surface area contributed by atoms with Gasteiger partial charge in [-0.3, -0.25) is 4.98 Å². The van der Waals surface area contributed by atoms with Crippen molar-refractivity contribution in [1.29, 1.82) is 5.26 Å². The fourth-order valence-electron chi connectivity index (χ4n) is 0.845. The van der Waals surface area contributed by atoms with Gasteiger partial charge in [0.25, 0.3) is 0 Å². The molecule has 1 rings (SSSR count). The number of carbonyl (C=O) groups is 1. The van der Waals surface area contributed by atoms with Crippen LogP contribution in [0.1, 0.15) is 27.7 Å². The highest BCUT2D eigenvalue weighted by atomic mass is 16.6. The van der Waals surface area contributed by atoms with E-state index in [1.165, 1.54) is 6.92 Å². The molecule has 0 bridgehead atoms. The summed E-state index contributed by atoms with van der Waals surface area (Å²) in [5.41, 5.74) is -0.288. The Balaban J connectivity index is 0.000000770. The molecule has 1 N–H and O–H groups in total. The Hall–Kier alpha value is -2.09. The molecular formula is C12H17N3O2. The summed E-state index contributed by atoms with van der Waals surface area (Å²) < 4.78 is 5.00. The maximum atomic E-state index is 11.3. The van der Waals surface area contributed by atoms with Gasteiger partial charge in [-0.15, -0.1) is 0 Å². The molecule has 0 aliphatic carbocycles. The molecule has 0 saturated heterocycles. The van der Waals surface area contributed by atoms with E-state index in [0.717, 1.165) is 0 Å². The zero-order valence-corrected chi connectivity index (χ0v) is 10.5. The first-order chi connectivity index (χ1) is 7.89. The number of hydrogen-bond donors (Lipinski definition) is 1. The van der Waals surface area contributed by atoms with Gasteiger partial charge in [-0.1, -0.05) is 0 Å². The Morgan fingerprint density at radius 1 is 1.41 bits per heavy atom. The first-order valence-corrected chi connectivity index (χ1v) is 5.10. The highest BCUT2D eigenvalue weighted by molar-refractivity contribution is 5.70. The molecule has 0 aliphatic heterocycles. The Morgan fingerprint density at radius 3 is 2.29 bits per heavy atom. The number of aromatic nitrogens is 1. The van der Waals surface area contributed by atoms with Crippen molar-refractivity contribution in [3.05, 3.63) is 24.5 Å². The molecule has 0 aliphatic rings. The highest BCUT2D eigenvalue weighted by Crippen LogP contribution is 2.08. The van der Waals surface area contributed by atoms with Gasteiger partial charge in [0, 0.05) is 24.9 Å². The van der Waals surface area contributed by atoms with E-state index in [1.54, 1.807) is 30.6 Å². The normalized spacial score (nSPS) is 9.35. The van der Waals surface area contributed by atoms with Crippen LogP contribution in [0.4, 0.5) is 4.79 Å². The summed E-state index contributed by atoms with van der Waals surface area (Å²) in [6.07, 6.45) is 2.68. The van der Waals surface area contributed by atoms with Gasteiger partial charge in [0.1, 0.15) is 5.75 Å². The fourth-order valence-corrected chi connectivity index (χ4v) is 0.845. The second-order valence-electron chi connectivity index (χ2n) is 4.17. The van der Waals surface area contributed by atoms with Crippen molar-refractivity contribution in [2.24, 2.45) is 0 Å². The minimum absolute atomic E-state index is 0.288. The van der Waals surface area contributed by atoms with Crippen molar-refractivity contribution in [2.75, 3.05) is 0 Å². The molecule has 0 radical (unpaired) electrons. The number of hydrogen-bond acceptors (Lipinski definition) is 4. The van der Waals surface area contributed by atoms with Gasteiger partial charge in [0.15, 0.2) is 0 Å². The topological polar surface area (TPSA) is 75.0 Å². The van der Waals surface area contributed by atoms with Crippen LogP contribution in [0, 0.1) is 11.3 Å². The quantitative estimate of drug-likeness (QED) is 0.811. The first kappa shape index (κ1) is 14.9. The van der Waals surface area contributed by atoms with Gasteiger partial charge in [-0.2, -0.15) is 5.26 Å². The van der Waals surface area contributed by atoms with Crippen molar-refractivity contribution in [3.63, 3.8) is 0 Å². The Morgan fingerprint density at radius 2 is 1.88 bits per heavy atom. The lowest BCUT2D eigenvalue weighted by Gasteiger charge is -2.19. The van der Waals surface area contributed by atoms with E-state index in [9.17, 15) is 4.79 Å². The van der Waals surface area contributed by atoms with Gasteiger partial charge in [0.05, 0.1) is 6.07 Å². The number of ether oxygens (including phenoxy) is 1. The van der Waals surface area contributed by atoms with Gasteiger partial charge in [0.2, 0.25) is 0 Å². The van der Waals surface area contributed by atoms with Crippen molar-refractivity contribution in [1.82, 2.24) is 10.3 Å². The third kappa shape index (κ3) is 8.88. The van der Waals surface area contributed by atoms with Crippen LogP contribution in [0.2, 0.25) is 0 Å². The van der Waals surface area contributed by atoms with E-state index in [-0.39, 0.29) is 5.54 Å². The van der Waals surface area contributed by atoms with E-state index in [4.69, 9.17) is 10.00 Å². The Bertz CT molecular complexity index is 377. The molecule has 1 amide bonds. The first-order valence-electron chi connectivity index (χ1n) is 5.10. The average molecular weight is 235 g/mol. The van der Waals surface area contributed by atoms with E-state index in [1.807, 2.05) is 20.8 Å². The summed E-state index contributed by atoms with van der Waals surface area (Å²) in [5, 5.41) is 10.0. The maximum absolute atomic E-state index is 11.3. The summed E-state index contributed by atoms with van der Waals surface area (Å²) in [4.78, 5) is 15.1. The van der Waals surface area contributed by atoms with E-state index < -0.39 is 6.09 Å². The van der Waals surface area contributed by atoms with Crippen molar-refractivity contribution < 1.29 is 9.53 Å². The third-order valence-corrected chi connectivity index (χ3v) is 1.34. The number of rotatable bonds is 1. The van der Waals surface area contributed by atoms with E-state index in [0.29, 0.717) is 5.75 Å². The fraction of sp³-hybridized carbons (Fsp3) is 0.417. The number of pyridine rings is 1. The van der Waals surface area contributed by atoms with Gasteiger partial charge < -0.3 is 10.1 Å². The molecule has 92 valence electrons. The van der Waals surface area contributed by atoms with Crippen LogP contribution in [0.15, 0.2) is 24.5 Å². The highest BCUT2D eigenvalue weighted by Gasteiger charge is 2.14. The SMILES string of the molecule is CC#N.CC(C)(C)NC(=O)Oc1ccncc1. The largest absolute Gasteiger partial charge is 0.413 e. The zero-order chi connectivity index (χ0) is 13.3. The van der Waals surface area contributed by atoms with Gasteiger partial charge >= 0.3 is 6.09 Å². The number of nitrogens with zero attached hydrogens (tertiary/aromatic N) is 2. The molecule has 0 atom stereocenters. The summed E-state index contributed by atoms with van der Waals surface area (Å²) in [6.45, 7) is 7.10. The Kier molecular flexibility index (Phi) is 6.34. The van der Waals surface area contributed by atoms with Crippen LogP contribution >= 0.6 is 0 Å². The lowest BCUT2D eigenvalue weighted by atomic mass is 10.1. The van der Waals surface area contributed by atoms with E-state index in [2.05, 4.69) is 10.3 Å². The number of carbonyl (C=O) groups excluding carboxylic acids is 1. The minimum Gasteiger partial charge on any atom is -0.410 e. The van der Waals surface area contributed by atoms with Crippen LogP contribution in [0.25, 0.3) is 0 Å². The molecular weight excluding hydrogens is 218 g/mol. The summed E-state index contributed by atoms with van der Waals surface area (Å²) in [5.74, 6) is 0.488. The smallest absolute Gasteiger partial charge is 0.410 e. The van der Waals surface area contributed by atoms with Crippen LogP contribution in [0.5, 0.6) is 5.75 Å². The molecule has 5 heteroatoms. The molecule has 0 spiro atoms. The number of nitriles is 1. The molecule has 1 aromatic heterocycles. The molecule has 5 nitrogen and oxygen atoms in total.